The summed E-state index contributed by atoms with van der Waals surface area (Å²) < 4.78 is 1.03. The Morgan fingerprint density at radius 3 is 2.22 bits per heavy atom. The van der Waals surface area contributed by atoms with Crippen LogP contribution in [0.25, 0.3) is 22.6 Å². The van der Waals surface area contributed by atoms with E-state index in [9.17, 15) is 0 Å². The Kier molecular flexibility index (Phi) is 5.18. The third-order valence-corrected chi connectivity index (χ3v) is 5.20. The molecule has 3 aromatic rings. The topological polar surface area (TPSA) is 53.9 Å². The number of nitrogens with zero attached hydrogens (tertiary/aromatic N) is 4. The Morgan fingerprint density at radius 2 is 1.56 bits per heavy atom. The third-order valence-electron chi connectivity index (χ3n) is 4.68. The Labute approximate surface area is 168 Å². The Morgan fingerprint density at radius 1 is 0.889 bits per heavy atom. The largest absolute Gasteiger partial charge is 0.352 e. The predicted octanol–water partition coefficient (Wildman–Crippen LogP) is 4.15. The SMILES string of the molecule is C[C@@H]1CN(c2nc(-c3ccc(Br)cc3)nnc2-c2ccccc2)C[C@H](C)N1. The van der Waals surface area contributed by atoms with Crippen LogP contribution in [0.2, 0.25) is 0 Å². The first-order valence-corrected chi connectivity index (χ1v) is 9.96. The van der Waals surface area contributed by atoms with Crippen molar-refractivity contribution in [3.8, 4) is 22.6 Å². The van der Waals surface area contributed by atoms with E-state index in [1.807, 2.05) is 42.5 Å². The Hall–Kier alpha value is -2.31. The molecule has 138 valence electrons. The molecule has 1 N–H and O–H groups in total. The average Bonchev–Trinajstić information content (AvgIpc) is 2.68. The molecule has 2 heterocycles. The number of anilines is 1. The van der Waals surface area contributed by atoms with Crippen LogP contribution in [-0.2, 0) is 0 Å². The van der Waals surface area contributed by atoms with Gasteiger partial charge >= 0.3 is 0 Å². The molecule has 0 saturated carbocycles. The molecule has 0 radical (unpaired) electrons. The first-order valence-electron chi connectivity index (χ1n) is 9.17. The maximum Gasteiger partial charge on any atom is 0.183 e. The minimum atomic E-state index is 0.392. The van der Waals surface area contributed by atoms with E-state index in [0.717, 1.165) is 40.2 Å². The third kappa shape index (κ3) is 4.01. The van der Waals surface area contributed by atoms with Crippen LogP contribution >= 0.6 is 15.9 Å². The summed E-state index contributed by atoms with van der Waals surface area (Å²) >= 11 is 3.48. The highest BCUT2D eigenvalue weighted by atomic mass is 79.9. The van der Waals surface area contributed by atoms with E-state index in [1.165, 1.54) is 0 Å². The van der Waals surface area contributed by atoms with Gasteiger partial charge in [0.05, 0.1) is 0 Å². The zero-order valence-electron chi connectivity index (χ0n) is 15.4. The van der Waals surface area contributed by atoms with E-state index in [4.69, 9.17) is 4.98 Å². The van der Waals surface area contributed by atoms with Crippen molar-refractivity contribution < 1.29 is 0 Å². The minimum Gasteiger partial charge on any atom is -0.352 e. The molecule has 0 amide bonds. The minimum absolute atomic E-state index is 0.392. The van der Waals surface area contributed by atoms with E-state index in [1.54, 1.807) is 0 Å². The van der Waals surface area contributed by atoms with Gasteiger partial charge in [0.2, 0.25) is 0 Å². The van der Waals surface area contributed by atoms with Crippen molar-refractivity contribution in [1.29, 1.82) is 0 Å². The molecule has 4 rings (SSSR count). The molecular formula is C21H22BrN5. The quantitative estimate of drug-likeness (QED) is 0.685. The molecule has 2 atom stereocenters. The summed E-state index contributed by atoms with van der Waals surface area (Å²) in [6, 6.07) is 19.0. The second kappa shape index (κ2) is 7.74. The smallest absolute Gasteiger partial charge is 0.183 e. The van der Waals surface area contributed by atoms with Crippen LogP contribution in [0.15, 0.2) is 59.1 Å². The molecule has 1 saturated heterocycles. The van der Waals surface area contributed by atoms with E-state index in [-0.39, 0.29) is 0 Å². The van der Waals surface area contributed by atoms with Gasteiger partial charge in [-0.3, -0.25) is 0 Å². The predicted molar refractivity (Wildman–Crippen MR) is 113 cm³/mol. The van der Waals surface area contributed by atoms with Gasteiger partial charge in [-0.25, -0.2) is 4.98 Å². The molecule has 1 aliphatic heterocycles. The summed E-state index contributed by atoms with van der Waals surface area (Å²) in [4.78, 5) is 7.28. The molecule has 0 aliphatic carbocycles. The highest BCUT2D eigenvalue weighted by Crippen LogP contribution is 2.30. The number of rotatable bonds is 3. The number of halogens is 1. The van der Waals surface area contributed by atoms with Crippen LogP contribution < -0.4 is 10.2 Å². The zero-order valence-corrected chi connectivity index (χ0v) is 17.0. The standard InChI is InChI=1S/C21H22BrN5/c1-14-12-27(13-15(2)23-14)21-19(16-6-4-3-5-7-16)25-26-20(24-21)17-8-10-18(22)11-9-17/h3-11,14-15,23H,12-13H2,1-2H3/t14-,15+. The van der Waals surface area contributed by atoms with Crippen molar-refractivity contribution >= 4 is 21.7 Å². The number of benzene rings is 2. The van der Waals surface area contributed by atoms with E-state index >= 15 is 0 Å². The first kappa shape index (κ1) is 18.1. The number of aromatic nitrogens is 3. The molecule has 6 heteroatoms. The van der Waals surface area contributed by atoms with Crippen LogP contribution in [0.4, 0.5) is 5.82 Å². The van der Waals surface area contributed by atoms with E-state index < -0.39 is 0 Å². The highest BCUT2D eigenvalue weighted by molar-refractivity contribution is 9.10. The second-order valence-corrected chi connectivity index (χ2v) is 7.97. The summed E-state index contributed by atoms with van der Waals surface area (Å²) in [5.41, 5.74) is 2.83. The van der Waals surface area contributed by atoms with Gasteiger partial charge in [0.15, 0.2) is 11.6 Å². The molecule has 5 nitrogen and oxygen atoms in total. The molecule has 0 unspecified atom stereocenters. The fourth-order valence-corrected chi connectivity index (χ4v) is 3.81. The number of hydrogen-bond donors (Lipinski definition) is 1. The average molecular weight is 424 g/mol. The molecule has 2 aromatic carbocycles. The molecular weight excluding hydrogens is 402 g/mol. The zero-order chi connectivity index (χ0) is 18.8. The van der Waals surface area contributed by atoms with Crippen molar-refractivity contribution in [2.24, 2.45) is 0 Å². The fourth-order valence-electron chi connectivity index (χ4n) is 3.54. The lowest BCUT2D eigenvalue weighted by atomic mass is 10.1. The van der Waals surface area contributed by atoms with Gasteiger partial charge in [-0.05, 0) is 26.0 Å². The maximum absolute atomic E-state index is 4.95. The van der Waals surface area contributed by atoms with Gasteiger partial charge in [0.1, 0.15) is 5.69 Å². The summed E-state index contributed by atoms with van der Waals surface area (Å²) in [5, 5.41) is 12.6. The lowest BCUT2D eigenvalue weighted by Crippen LogP contribution is -2.54. The monoisotopic (exact) mass is 423 g/mol. The number of nitrogens with one attached hydrogen (secondary N) is 1. The number of hydrogen-bond acceptors (Lipinski definition) is 5. The van der Waals surface area contributed by atoms with Crippen molar-refractivity contribution in [3.63, 3.8) is 0 Å². The highest BCUT2D eigenvalue weighted by Gasteiger charge is 2.26. The Balaban J connectivity index is 1.81. The van der Waals surface area contributed by atoms with Crippen molar-refractivity contribution in [2.75, 3.05) is 18.0 Å². The molecule has 1 aromatic heterocycles. The van der Waals surface area contributed by atoms with Gasteiger partial charge in [0, 0.05) is 40.8 Å². The van der Waals surface area contributed by atoms with Crippen LogP contribution in [0, 0.1) is 0 Å². The lowest BCUT2D eigenvalue weighted by molar-refractivity contribution is 0.405. The normalized spacial score (nSPS) is 19.9. The van der Waals surface area contributed by atoms with E-state index in [0.29, 0.717) is 17.9 Å². The van der Waals surface area contributed by atoms with Gasteiger partial charge in [-0.15, -0.1) is 10.2 Å². The molecule has 1 aliphatic rings. The summed E-state index contributed by atoms with van der Waals surface area (Å²) in [6.07, 6.45) is 0. The lowest BCUT2D eigenvalue weighted by Gasteiger charge is -2.37. The summed E-state index contributed by atoms with van der Waals surface area (Å²) in [7, 11) is 0. The maximum atomic E-state index is 4.95. The summed E-state index contributed by atoms with van der Waals surface area (Å²) in [5.74, 6) is 1.55. The van der Waals surface area contributed by atoms with Crippen molar-refractivity contribution in [2.45, 2.75) is 25.9 Å². The molecule has 27 heavy (non-hydrogen) atoms. The molecule has 0 bridgehead atoms. The van der Waals surface area contributed by atoms with Gasteiger partial charge < -0.3 is 10.2 Å². The number of piperazine rings is 1. The fraction of sp³-hybridized carbons (Fsp3) is 0.286. The van der Waals surface area contributed by atoms with E-state index in [2.05, 4.69) is 62.3 Å². The van der Waals surface area contributed by atoms with Crippen LogP contribution in [-0.4, -0.2) is 40.4 Å². The Bertz CT molecular complexity index is 904. The van der Waals surface area contributed by atoms with Crippen molar-refractivity contribution in [3.05, 3.63) is 59.1 Å². The van der Waals surface area contributed by atoms with Crippen LogP contribution in [0.3, 0.4) is 0 Å². The first-order chi connectivity index (χ1) is 13.1. The van der Waals surface area contributed by atoms with Gasteiger partial charge in [-0.1, -0.05) is 58.4 Å². The second-order valence-electron chi connectivity index (χ2n) is 7.05. The van der Waals surface area contributed by atoms with Crippen LogP contribution in [0.5, 0.6) is 0 Å². The summed E-state index contributed by atoms with van der Waals surface area (Å²) in [6.45, 7) is 6.19. The van der Waals surface area contributed by atoms with Gasteiger partial charge in [-0.2, -0.15) is 0 Å². The molecule has 0 spiro atoms. The van der Waals surface area contributed by atoms with Gasteiger partial charge in [0.25, 0.3) is 0 Å². The van der Waals surface area contributed by atoms with Crippen LogP contribution in [0.1, 0.15) is 13.8 Å². The molecule has 1 fully saturated rings. The van der Waals surface area contributed by atoms with Crippen molar-refractivity contribution in [1.82, 2.24) is 20.5 Å².